The summed E-state index contributed by atoms with van der Waals surface area (Å²) in [4.78, 5) is 31.7. The summed E-state index contributed by atoms with van der Waals surface area (Å²) < 4.78 is 10.1. The molecular weight excluding hydrogens is 414 g/mol. The minimum Gasteiger partial charge on any atom is -0.463 e. The number of carbonyl (C=O) groups excluding carboxylic acids is 1. The van der Waals surface area contributed by atoms with Crippen molar-refractivity contribution in [3.05, 3.63) is 69.7 Å². The molecule has 0 radical (unpaired) electrons. The number of esters is 1. The van der Waals surface area contributed by atoms with Crippen LogP contribution in [-0.2, 0) is 10.5 Å². The van der Waals surface area contributed by atoms with Crippen molar-refractivity contribution in [1.29, 1.82) is 0 Å². The molecule has 4 aromatic rings. The SMILES string of the molecule is COC(=O)c1ccc(CSc2ncnc3scc(-c4cccc([N+](=O)[O-])c4)c23)o1. The third-order valence-corrected chi connectivity index (χ3v) is 6.00. The van der Waals surface area contributed by atoms with Gasteiger partial charge in [0.2, 0.25) is 5.76 Å². The second-order valence-electron chi connectivity index (χ2n) is 5.86. The van der Waals surface area contributed by atoms with Crippen LogP contribution in [0, 0.1) is 10.1 Å². The number of nitrogens with zero attached hydrogens (tertiary/aromatic N) is 3. The van der Waals surface area contributed by atoms with E-state index in [4.69, 9.17) is 4.42 Å². The van der Waals surface area contributed by atoms with E-state index in [0.29, 0.717) is 11.5 Å². The van der Waals surface area contributed by atoms with E-state index in [0.717, 1.165) is 26.4 Å². The van der Waals surface area contributed by atoms with E-state index in [-0.39, 0.29) is 11.4 Å². The Hall–Kier alpha value is -3.24. The van der Waals surface area contributed by atoms with Gasteiger partial charge >= 0.3 is 5.97 Å². The summed E-state index contributed by atoms with van der Waals surface area (Å²) in [5.74, 6) is 0.669. The number of hydrogen-bond donors (Lipinski definition) is 0. The van der Waals surface area contributed by atoms with Crippen LogP contribution in [0.4, 0.5) is 5.69 Å². The van der Waals surface area contributed by atoms with Crippen LogP contribution in [0.25, 0.3) is 21.3 Å². The molecule has 0 unspecified atom stereocenters. The number of furan rings is 1. The van der Waals surface area contributed by atoms with Crippen LogP contribution in [-0.4, -0.2) is 28.0 Å². The van der Waals surface area contributed by atoms with Gasteiger partial charge in [-0.3, -0.25) is 10.1 Å². The van der Waals surface area contributed by atoms with Crippen molar-refractivity contribution >= 4 is 45.0 Å². The highest BCUT2D eigenvalue weighted by Gasteiger charge is 2.17. The van der Waals surface area contributed by atoms with Gasteiger partial charge in [-0.2, -0.15) is 0 Å². The number of ether oxygens (including phenoxy) is 1. The summed E-state index contributed by atoms with van der Waals surface area (Å²) in [5.41, 5.74) is 1.60. The zero-order chi connectivity index (χ0) is 20.4. The molecule has 0 aliphatic rings. The average Bonchev–Trinajstić information content (AvgIpc) is 3.39. The number of benzene rings is 1. The van der Waals surface area contributed by atoms with E-state index in [9.17, 15) is 14.9 Å². The summed E-state index contributed by atoms with van der Waals surface area (Å²) in [6, 6.07) is 9.76. The summed E-state index contributed by atoms with van der Waals surface area (Å²) in [6.07, 6.45) is 1.49. The first kappa shape index (κ1) is 19.1. The lowest BCUT2D eigenvalue weighted by Crippen LogP contribution is -1.98. The minimum atomic E-state index is -0.531. The van der Waals surface area contributed by atoms with E-state index in [2.05, 4.69) is 14.7 Å². The maximum absolute atomic E-state index is 11.5. The third kappa shape index (κ3) is 3.84. The molecule has 0 spiro atoms. The Balaban J connectivity index is 1.66. The van der Waals surface area contributed by atoms with Crippen molar-refractivity contribution in [2.45, 2.75) is 10.8 Å². The molecule has 0 saturated heterocycles. The predicted molar refractivity (Wildman–Crippen MR) is 109 cm³/mol. The molecule has 3 aromatic heterocycles. The van der Waals surface area contributed by atoms with Crippen molar-refractivity contribution in [1.82, 2.24) is 9.97 Å². The van der Waals surface area contributed by atoms with E-state index >= 15 is 0 Å². The van der Waals surface area contributed by atoms with Gasteiger partial charge in [-0.25, -0.2) is 14.8 Å². The molecule has 0 saturated carbocycles. The number of carbonyl (C=O) groups is 1. The number of thioether (sulfide) groups is 1. The van der Waals surface area contributed by atoms with Gasteiger partial charge in [-0.1, -0.05) is 23.9 Å². The molecule has 0 fully saturated rings. The van der Waals surface area contributed by atoms with Gasteiger partial charge in [0.1, 0.15) is 21.9 Å². The van der Waals surface area contributed by atoms with Crippen LogP contribution in [0.15, 0.2) is 57.5 Å². The zero-order valence-electron chi connectivity index (χ0n) is 15.0. The molecule has 0 aliphatic carbocycles. The fourth-order valence-corrected chi connectivity index (χ4v) is 4.65. The largest absolute Gasteiger partial charge is 0.463 e. The Labute approximate surface area is 172 Å². The average molecular weight is 427 g/mol. The third-order valence-electron chi connectivity index (χ3n) is 4.10. The maximum Gasteiger partial charge on any atom is 0.373 e. The molecule has 146 valence electrons. The lowest BCUT2D eigenvalue weighted by molar-refractivity contribution is -0.384. The van der Waals surface area contributed by atoms with E-state index in [1.165, 1.54) is 48.7 Å². The topological polar surface area (TPSA) is 108 Å². The van der Waals surface area contributed by atoms with Crippen molar-refractivity contribution in [2.75, 3.05) is 7.11 Å². The van der Waals surface area contributed by atoms with Crippen molar-refractivity contribution < 1.29 is 18.9 Å². The van der Waals surface area contributed by atoms with Crippen LogP contribution in [0.1, 0.15) is 16.3 Å². The second-order valence-corrected chi connectivity index (χ2v) is 7.68. The lowest BCUT2D eigenvalue weighted by Gasteiger charge is -2.05. The number of fused-ring (bicyclic) bond motifs is 1. The molecule has 3 heterocycles. The van der Waals surface area contributed by atoms with Crippen LogP contribution in [0.2, 0.25) is 0 Å². The van der Waals surface area contributed by atoms with Crippen molar-refractivity contribution in [3.8, 4) is 11.1 Å². The van der Waals surface area contributed by atoms with Crippen LogP contribution in [0.5, 0.6) is 0 Å². The quantitative estimate of drug-likeness (QED) is 0.140. The number of thiophene rings is 1. The Bertz CT molecular complexity index is 1220. The smallest absolute Gasteiger partial charge is 0.373 e. The molecule has 4 rings (SSSR count). The van der Waals surface area contributed by atoms with Crippen LogP contribution < -0.4 is 0 Å². The molecule has 1 aromatic carbocycles. The van der Waals surface area contributed by atoms with Gasteiger partial charge in [-0.15, -0.1) is 11.3 Å². The van der Waals surface area contributed by atoms with Crippen molar-refractivity contribution in [3.63, 3.8) is 0 Å². The Morgan fingerprint density at radius 3 is 2.97 bits per heavy atom. The van der Waals surface area contributed by atoms with Gasteiger partial charge < -0.3 is 9.15 Å². The molecule has 8 nitrogen and oxygen atoms in total. The molecule has 10 heteroatoms. The monoisotopic (exact) mass is 427 g/mol. The van der Waals surface area contributed by atoms with Gasteiger partial charge in [-0.05, 0) is 17.7 Å². The predicted octanol–water partition coefficient (Wildman–Crippen LogP) is 4.94. The van der Waals surface area contributed by atoms with Crippen molar-refractivity contribution in [2.24, 2.45) is 0 Å². The molecule has 0 amide bonds. The van der Waals surface area contributed by atoms with Gasteiger partial charge in [0, 0.05) is 23.1 Å². The number of methoxy groups -OCH3 is 1. The standard InChI is InChI=1S/C19H13N3O5S2/c1-26-19(23)15-6-5-13(27-15)8-28-17-16-14(9-29-18(16)21-10-20-17)11-3-2-4-12(7-11)22(24)25/h2-7,9-10H,8H2,1H3. The number of aromatic nitrogens is 2. The molecule has 0 N–H and O–H groups in total. The molecule has 0 atom stereocenters. The van der Waals surface area contributed by atoms with E-state index in [1.54, 1.807) is 18.2 Å². The molecule has 29 heavy (non-hydrogen) atoms. The lowest BCUT2D eigenvalue weighted by atomic mass is 10.1. The summed E-state index contributed by atoms with van der Waals surface area (Å²) >= 11 is 2.89. The molecular formula is C19H13N3O5S2. The zero-order valence-corrected chi connectivity index (χ0v) is 16.7. The first-order valence-electron chi connectivity index (χ1n) is 8.33. The highest BCUT2D eigenvalue weighted by atomic mass is 32.2. The second kappa shape index (κ2) is 8.02. The Morgan fingerprint density at radius 2 is 2.17 bits per heavy atom. The molecule has 0 bridgehead atoms. The maximum atomic E-state index is 11.5. The van der Waals surface area contributed by atoms with Gasteiger partial charge in [0.15, 0.2) is 0 Å². The number of nitro groups is 1. The summed E-state index contributed by atoms with van der Waals surface area (Å²) in [5, 5.41) is 14.6. The van der Waals surface area contributed by atoms with Crippen LogP contribution in [0.3, 0.4) is 0 Å². The van der Waals surface area contributed by atoms with E-state index < -0.39 is 10.9 Å². The van der Waals surface area contributed by atoms with Gasteiger partial charge in [0.25, 0.3) is 5.69 Å². The number of nitro benzene ring substituents is 1. The first-order valence-corrected chi connectivity index (χ1v) is 10.2. The number of hydrogen-bond acceptors (Lipinski definition) is 9. The molecule has 0 aliphatic heterocycles. The van der Waals surface area contributed by atoms with E-state index in [1.807, 2.05) is 11.4 Å². The highest BCUT2D eigenvalue weighted by molar-refractivity contribution is 7.98. The fraction of sp³-hybridized carbons (Fsp3) is 0.105. The summed E-state index contributed by atoms with van der Waals surface area (Å²) in [6.45, 7) is 0. The summed E-state index contributed by atoms with van der Waals surface area (Å²) in [7, 11) is 1.29. The fourth-order valence-electron chi connectivity index (χ4n) is 2.76. The number of non-ortho nitro benzene ring substituents is 1. The number of rotatable bonds is 6. The highest BCUT2D eigenvalue weighted by Crippen LogP contribution is 2.39. The Kier molecular flexibility index (Phi) is 5.28. The van der Waals surface area contributed by atoms with Crippen LogP contribution >= 0.6 is 23.1 Å². The first-order chi connectivity index (χ1) is 14.1. The van der Waals surface area contributed by atoms with Gasteiger partial charge in [0.05, 0.1) is 23.2 Å². The minimum absolute atomic E-state index is 0.0267. The normalized spacial score (nSPS) is 10.9. The Morgan fingerprint density at radius 1 is 1.31 bits per heavy atom.